The summed E-state index contributed by atoms with van der Waals surface area (Å²) in [6.45, 7) is 2.42. The summed E-state index contributed by atoms with van der Waals surface area (Å²) in [5, 5.41) is 11.2. The van der Waals surface area contributed by atoms with E-state index < -0.39 is 0 Å². The summed E-state index contributed by atoms with van der Waals surface area (Å²) < 4.78 is 11.1. The second-order valence-electron chi connectivity index (χ2n) is 5.03. The lowest BCUT2D eigenvalue weighted by molar-refractivity contribution is 0.0951. The maximum atomic E-state index is 12.4. The summed E-state index contributed by atoms with van der Waals surface area (Å²) in [6.07, 6.45) is 6.83. The van der Waals surface area contributed by atoms with Crippen LogP contribution in [-0.4, -0.2) is 31.8 Å². The fraction of sp³-hybridized carbons (Fsp3) is 0.333. The normalized spacial score (nSPS) is 12.2. The minimum atomic E-state index is -0.195. The van der Waals surface area contributed by atoms with Crippen LogP contribution in [0.3, 0.4) is 0 Å². The first kappa shape index (κ1) is 15.4. The molecule has 3 heterocycles. The molecule has 0 aliphatic heterocycles. The van der Waals surface area contributed by atoms with E-state index >= 15 is 0 Å². The first-order valence-corrected chi connectivity index (χ1v) is 8.19. The maximum absolute atomic E-state index is 12.4. The zero-order chi connectivity index (χ0) is 16.1. The van der Waals surface area contributed by atoms with Crippen LogP contribution in [0.25, 0.3) is 0 Å². The topological polar surface area (TPSA) is 85.8 Å². The summed E-state index contributed by atoms with van der Waals surface area (Å²) in [5.74, 6) is 0.581. The summed E-state index contributed by atoms with van der Waals surface area (Å²) in [6, 6.07) is 5.33. The van der Waals surface area contributed by atoms with Crippen molar-refractivity contribution in [3.05, 3.63) is 53.2 Å². The van der Waals surface area contributed by atoms with Gasteiger partial charge in [0.05, 0.1) is 12.0 Å². The third-order valence-electron chi connectivity index (χ3n) is 3.42. The van der Waals surface area contributed by atoms with Crippen molar-refractivity contribution in [2.24, 2.45) is 0 Å². The number of hydrogen-bond donors (Lipinski definition) is 1. The van der Waals surface area contributed by atoms with Crippen LogP contribution in [0.5, 0.6) is 0 Å². The molecule has 3 rings (SSSR count). The van der Waals surface area contributed by atoms with E-state index in [-0.39, 0.29) is 11.9 Å². The Morgan fingerprint density at radius 3 is 3.09 bits per heavy atom. The Hall–Kier alpha value is -2.48. The molecule has 0 fully saturated rings. The van der Waals surface area contributed by atoms with Crippen molar-refractivity contribution < 1.29 is 9.21 Å². The van der Waals surface area contributed by atoms with Gasteiger partial charge in [-0.3, -0.25) is 9.48 Å². The smallest absolute Gasteiger partial charge is 0.265 e. The van der Waals surface area contributed by atoms with Crippen LogP contribution in [0, 0.1) is 0 Å². The molecule has 0 radical (unpaired) electrons. The molecule has 3 aromatic heterocycles. The van der Waals surface area contributed by atoms with Crippen LogP contribution >= 0.6 is 11.5 Å². The predicted molar refractivity (Wildman–Crippen MR) is 85.3 cm³/mol. The van der Waals surface area contributed by atoms with E-state index in [1.54, 1.807) is 17.1 Å². The van der Waals surface area contributed by atoms with Crippen molar-refractivity contribution in [3.8, 4) is 0 Å². The highest BCUT2D eigenvalue weighted by Crippen LogP contribution is 2.18. The molecule has 0 bridgehead atoms. The molecule has 1 atom stereocenters. The molecular weight excluding hydrogens is 314 g/mol. The number of nitrogens with zero attached hydrogens (tertiary/aromatic N) is 4. The molecule has 0 aromatic carbocycles. The van der Waals surface area contributed by atoms with E-state index in [9.17, 15) is 4.79 Å². The van der Waals surface area contributed by atoms with E-state index in [1.165, 1.54) is 0 Å². The molecule has 0 saturated carbocycles. The third kappa shape index (κ3) is 3.48. The minimum absolute atomic E-state index is 0.160. The zero-order valence-electron chi connectivity index (χ0n) is 12.7. The maximum Gasteiger partial charge on any atom is 0.265 e. The van der Waals surface area contributed by atoms with Crippen molar-refractivity contribution in [2.45, 2.75) is 25.8 Å². The largest absolute Gasteiger partial charge is 0.467 e. The Kier molecular flexibility index (Phi) is 4.82. The lowest BCUT2D eigenvalue weighted by atomic mass is 10.2. The Morgan fingerprint density at radius 1 is 1.48 bits per heavy atom. The van der Waals surface area contributed by atoms with Crippen LogP contribution in [0.15, 0.2) is 41.3 Å². The lowest BCUT2D eigenvalue weighted by Crippen LogP contribution is -2.31. The van der Waals surface area contributed by atoms with Gasteiger partial charge in [-0.15, -0.1) is 5.10 Å². The molecule has 0 aliphatic carbocycles. The molecule has 1 amide bonds. The Balaban J connectivity index is 1.72. The monoisotopic (exact) mass is 331 g/mol. The zero-order valence-corrected chi connectivity index (χ0v) is 13.5. The molecule has 120 valence electrons. The van der Waals surface area contributed by atoms with Crippen molar-refractivity contribution in [1.82, 2.24) is 24.7 Å². The van der Waals surface area contributed by atoms with Crippen LogP contribution in [-0.2, 0) is 6.42 Å². The summed E-state index contributed by atoms with van der Waals surface area (Å²) in [4.78, 5) is 13.0. The summed E-state index contributed by atoms with van der Waals surface area (Å²) in [7, 11) is 0. The van der Waals surface area contributed by atoms with Gasteiger partial charge in [0.25, 0.3) is 5.91 Å². The SMILES string of the molecule is CCCc1nnsc1C(=O)NCC(c1ccco1)n1cccn1. The Morgan fingerprint density at radius 2 is 2.39 bits per heavy atom. The molecule has 3 aromatic rings. The number of carbonyl (C=O) groups excluding carboxylic acids is 1. The number of furan rings is 1. The van der Waals surface area contributed by atoms with E-state index in [0.29, 0.717) is 11.4 Å². The first-order valence-electron chi connectivity index (χ1n) is 7.41. The van der Waals surface area contributed by atoms with Crippen LogP contribution in [0.2, 0.25) is 0 Å². The molecule has 1 unspecified atom stereocenters. The molecule has 7 nitrogen and oxygen atoms in total. The third-order valence-corrected chi connectivity index (χ3v) is 4.19. The van der Waals surface area contributed by atoms with Crippen LogP contribution in [0.4, 0.5) is 0 Å². The number of aromatic nitrogens is 4. The average Bonchev–Trinajstić information content (AvgIpc) is 3.30. The van der Waals surface area contributed by atoms with Gasteiger partial charge in [0.15, 0.2) is 0 Å². The van der Waals surface area contributed by atoms with Gasteiger partial charge in [-0.1, -0.05) is 17.8 Å². The van der Waals surface area contributed by atoms with Crippen LogP contribution < -0.4 is 5.32 Å². The lowest BCUT2D eigenvalue weighted by Gasteiger charge is -2.16. The van der Waals surface area contributed by atoms with E-state index in [1.807, 2.05) is 31.3 Å². The van der Waals surface area contributed by atoms with Crippen molar-refractivity contribution in [2.75, 3.05) is 6.54 Å². The number of hydrogen-bond acceptors (Lipinski definition) is 6. The highest BCUT2D eigenvalue weighted by atomic mass is 32.1. The number of rotatable bonds is 7. The number of nitrogens with one attached hydrogen (secondary N) is 1. The number of carbonyl (C=O) groups is 1. The fourth-order valence-corrected chi connectivity index (χ4v) is 2.95. The molecule has 0 spiro atoms. The second-order valence-corrected chi connectivity index (χ2v) is 5.78. The molecule has 1 N–H and O–H groups in total. The number of aryl methyl sites for hydroxylation is 1. The second kappa shape index (κ2) is 7.19. The molecular formula is C15H17N5O2S. The van der Waals surface area contributed by atoms with E-state index in [4.69, 9.17) is 4.42 Å². The molecule has 8 heteroatoms. The fourth-order valence-electron chi connectivity index (χ4n) is 2.32. The van der Waals surface area contributed by atoms with Crippen molar-refractivity contribution in [1.29, 1.82) is 0 Å². The van der Waals surface area contributed by atoms with Crippen LogP contribution in [0.1, 0.15) is 40.5 Å². The van der Waals surface area contributed by atoms with E-state index in [0.717, 1.165) is 35.8 Å². The highest BCUT2D eigenvalue weighted by molar-refractivity contribution is 7.08. The average molecular weight is 331 g/mol. The van der Waals surface area contributed by atoms with Gasteiger partial charge in [-0.2, -0.15) is 5.10 Å². The van der Waals surface area contributed by atoms with Gasteiger partial charge >= 0.3 is 0 Å². The Labute approximate surface area is 137 Å². The quantitative estimate of drug-likeness (QED) is 0.718. The van der Waals surface area contributed by atoms with Gasteiger partial charge in [0.2, 0.25) is 0 Å². The van der Waals surface area contributed by atoms with Gasteiger partial charge in [0.1, 0.15) is 16.7 Å². The van der Waals surface area contributed by atoms with Crippen molar-refractivity contribution >= 4 is 17.4 Å². The molecule has 23 heavy (non-hydrogen) atoms. The summed E-state index contributed by atoms with van der Waals surface area (Å²) >= 11 is 1.13. The van der Waals surface area contributed by atoms with Crippen molar-refractivity contribution in [3.63, 3.8) is 0 Å². The van der Waals surface area contributed by atoms with E-state index in [2.05, 4.69) is 20.0 Å². The Bertz CT molecular complexity index is 702. The molecule has 0 aliphatic rings. The minimum Gasteiger partial charge on any atom is -0.467 e. The molecule has 0 saturated heterocycles. The van der Waals surface area contributed by atoms with Gasteiger partial charge in [-0.25, -0.2) is 0 Å². The standard InChI is InChI=1S/C15H17N5O2S/c1-2-5-11-14(23-19-18-11)15(21)16-10-12(13-6-3-9-22-13)20-8-4-7-17-20/h3-4,6-9,12H,2,5,10H2,1H3,(H,16,21). The number of amides is 1. The van der Waals surface area contributed by atoms with Gasteiger partial charge < -0.3 is 9.73 Å². The van der Waals surface area contributed by atoms with Gasteiger partial charge in [-0.05, 0) is 36.2 Å². The summed E-state index contributed by atoms with van der Waals surface area (Å²) in [5.41, 5.74) is 0.753. The van der Waals surface area contributed by atoms with Gasteiger partial charge in [0, 0.05) is 18.9 Å². The highest BCUT2D eigenvalue weighted by Gasteiger charge is 2.21. The first-order chi connectivity index (χ1) is 11.3. The predicted octanol–water partition coefficient (Wildman–Crippen LogP) is 2.30.